The van der Waals surface area contributed by atoms with Crippen molar-refractivity contribution in [1.82, 2.24) is 4.90 Å². The summed E-state index contributed by atoms with van der Waals surface area (Å²) in [6.45, 7) is 5.06. The first-order chi connectivity index (χ1) is 9.67. The van der Waals surface area contributed by atoms with Gasteiger partial charge in [-0.2, -0.15) is 0 Å². The van der Waals surface area contributed by atoms with E-state index in [1.165, 1.54) is 18.4 Å². The van der Waals surface area contributed by atoms with Gasteiger partial charge in [0, 0.05) is 30.8 Å². The Labute approximate surface area is 121 Å². The van der Waals surface area contributed by atoms with Crippen LogP contribution in [-0.2, 0) is 6.54 Å². The number of ether oxygens (including phenoxy) is 2. The van der Waals surface area contributed by atoms with Gasteiger partial charge in [-0.3, -0.25) is 4.90 Å². The summed E-state index contributed by atoms with van der Waals surface area (Å²) < 4.78 is 10.7. The maximum absolute atomic E-state index is 5.83. The van der Waals surface area contributed by atoms with Crippen LogP contribution in [0.3, 0.4) is 0 Å². The molecule has 112 valence electrons. The van der Waals surface area contributed by atoms with Crippen LogP contribution in [-0.4, -0.2) is 38.3 Å². The van der Waals surface area contributed by atoms with Gasteiger partial charge in [-0.05, 0) is 38.3 Å². The quantitative estimate of drug-likeness (QED) is 0.897. The van der Waals surface area contributed by atoms with Gasteiger partial charge in [0.2, 0.25) is 0 Å². The molecule has 1 saturated heterocycles. The Kier molecular flexibility index (Phi) is 5.26. The molecule has 0 aromatic heterocycles. The lowest BCUT2D eigenvalue weighted by atomic mass is 9.93. The van der Waals surface area contributed by atoms with E-state index in [9.17, 15) is 0 Å². The van der Waals surface area contributed by atoms with Crippen LogP contribution in [0.4, 0.5) is 0 Å². The van der Waals surface area contributed by atoms with Gasteiger partial charge in [-0.25, -0.2) is 0 Å². The zero-order chi connectivity index (χ0) is 14.5. The Morgan fingerprint density at radius 2 is 2.05 bits per heavy atom. The number of benzene rings is 1. The molecule has 0 bridgehead atoms. The van der Waals surface area contributed by atoms with Crippen molar-refractivity contribution in [1.29, 1.82) is 0 Å². The molecule has 0 saturated carbocycles. The summed E-state index contributed by atoms with van der Waals surface area (Å²) in [4.78, 5) is 2.51. The molecular formula is C16H26N2O2. The Morgan fingerprint density at radius 1 is 1.25 bits per heavy atom. The van der Waals surface area contributed by atoms with Gasteiger partial charge in [0.05, 0.1) is 14.2 Å². The first-order valence-corrected chi connectivity index (χ1v) is 7.33. The average molecular weight is 278 g/mol. The fourth-order valence-corrected chi connectivity index (χ4v) is 2.88. The van der Waals surface area contributed by atoms with Crippen molar-refractivity contribution in [2.45, 2.75) is 32.4 Å². The number of piperidine rings is 1. The number of methoxy groups -OCH3 is 2. The minimum Gasteiger partial charge on any atom is -0.497 e. The minimum atomic E-state index is 0.601. The van der Waals surface area contributed by atoms with Crippen molar-refractivity contribution in [2.24, 2.45) is 11.7 Å². The van der Waals surface area contributed by atoms with Gasteiger partial charge >= 0.3 is 0 Å². The van der Waals surface area contributed by atoms with Gasteiger partial charge in [0.25, 0.3) is 0 Å². The van der Waals surface area contributed by atoms with Crippen LogP contribution in [0.5, 0.6) is 11.5 Å². The second-order valence-electron chi connectivity index (χ2n) is 5.64. The van der Waals surface area contributed by atoms with Crippen molar-refractivity contribution >= 4 is 0 Å². The van der Waals surface area contributed by atoms with Crippen molar-refractivity contribution in [2.75, 3.05) is 27.3 Å². The monoisotopic (exact) mass is 278 g/mol. The van der Waals surface area contributed by atoms with Gasteiger partial charge < -0.3 is 15.2 Å². The summed E-state index contributed by atoms with van der Waals surface area (Å²) in [5.41, 5.74) is 7.04. The summed E-state index contributed by atoms with van der Waals surface area (Å²) in [6, 6.07) is 6.64. The zero-order valence-electron chi connectivity index (χ0n) is 12.8. The number of nitrogens with zero attached hydrogens (tertiary/aromatic N) is 1. The second kappa shape index (κ2) is 6.95. The molecule has 2 N–H and O–H groups in total. The Hall–Kier alpha value is -1.26. The van der Waals surface area contributed by atoms with E-state index in [-0.39, 0.29) is 0 Å². The summed E-state index contributed by atoms with van der Waals surface area (Å²) in [5.74, 6) is 2.35. The molecule has 2 unspecified atom stereocenters. The SMILES string of the molecule is COc1ccc(CN2CC(CN)CCC2C)c(OC)c1. The van der Waals surface area contributed by atoms with E-state index in [4.69, 9.17) is 15.2 Å². The van der Waals surface area contributed by atoms with Crippen LogP contribution in [0.1, 0.15) is 25.3 Å². The molecule has 4 nitrogen and oxygen atoms in total. The Bertz CT molecular complexity index is 436. The van der Waals surface area contributed by atoms with Crippen LogP contribution >= 0.6 is 0 Å². The highest BCUT2D eigenvalue weighted by Crippen LogP contribution is 2.29. The standard InChI is InChI=1S/C16H26N2O2/c1-12-4-5-13(9-17)10-18(12)11-14-6-7-15(19-2)8-16(14)20-3/h6-8,12-13H,4-5,9-11,17H2,1-3H3. The van der Waals surface area contributed by atoms with E-state index in [1.54, 1.807) is 14.2 Å². The zero-order valence-corrected chi connectivity index (χ0v) is 12.8. The predicted molar refractivity (Wildman–Crippen MR) is 81.2 cm³/mol. The fraction of sp³-hybridized carbons (Fsp3) is 0.625. The fourth-order valence-electron chi connectivity index (χ4n) is 2.88. The molecule has 2 atom stereocenters. The number of hydrogen-bond donors (Lipinski definition) is 1. The number of likely N-dealkylation sites (tertiary alicyclic amines) is 1. The minimum absolute atomic E-state index is 0.601. The topological polar surface area (TPSA) is 47.7 Å². The van der Waals surface area contributed by atoms with Gasteiger partial charge in [0.15, 0.2) is 0 Å². The molecular weight excluding hydrogens is 252 g/mol. The largest absolute Gasteiger partial charge is 0.497 e. The van der Waals surface area contributed by atoms with Crippen LogP contribution in [0, 0.1) is 5.92 Å². The highest BCUT2D eigenvalue weighted by atomic mass is 16.5. The van der Waals surface area contributed by atoms with E-state index in [2.05, 4.69) is 17.9 Å². The molecule has 1 aromatic rings. The molecule has 1 aromatic carbocycles. The number of nitrogens with two attached hydrogens (primary N) is 1. The van der Waals surface area contributed by atoms with Crippen LogP contribution in [0.25, 0.3) is 0 Å². The predicted octanol–water partition coefficient (Wildman–Crippen LogP) is 2.26. The maximum atomic E-state index is 5.83. The molecule has 0 amide bonds. The number of rotatable bonds is 5. The Balaban J connectivity index is 2.11. The van der Waals surface area contributed by atoms with Crippen molar-refractivity contribution < 1.29 is 9.47 Å². The number of hydrogen-bond acceptors (Lipinski definition) is 4. The average Bonchev–Trinajstić information content (AvgIpc) is 2.49. The van der Waals surface area contributed by atoms with Gasteiger partial charge in [0.1, 0.15) is 11.5 Å². The molecule has 1 aliphatic rings. The molecule has 20 heavy (non-hydrogen) atoms. The second-order valence-corrected chi connectivity index (χ2v) is 5.64. The van der Waals surface area contributed by atoms with E-state index in [0.29, 0.717) is 12.0 Å². The van der Waals surface area contributed by atoms with Gasteiger partial charge in [-0.15, -0.1) is 0 Å². The first-order valence-electron chi connectivity index (χ1n) is 7.33. The molecule has 1 heterocycles. The van der Waals surface area contributed by atoms with E-state index >= 15 is 0 Å². The van der Waals surface area contributed by atoms with E-state index in [0.717, 1.165) is 31.1 Å². The molecule has 0 radical (unpaired) electrons. The molecule has 0 aliphatic carbocycles. The third-order valence-corrected chi connectivity index (χ3v) is 4.31. The molecule has 2 rings (SSSR count). The summed E-state index contributed by atoms with van der Waals surface area (Å²) in [6.07, 6.45) is 2.47. The van der Waals surface area contributed by atoms with Gasteiger partial charge in [-0.1, -0.05) is 6.07 Å². The summed E-state index contributed by atoms with van der Waals surface area (Å²) in [5, 5.41) is 0. The lowest BCUT2D eigenvalue weighted by Crippen LogP contribution is -2.43. The molecule has 0 spiro atoms. The molecule has 4 heteroatoms. The van der Waals surface area contributed by atoms with E-state index < -0.39 is 0 Å². The van der Waals surface area contributed by atoms with Crippen LogP contribution < -0.4 is 15.2 Å². The maximum Gasteiger partial charge on any atom is 0.127 e. The first kappa shape index (κ1) is 15.1. The van der Waals surface area contributed by atoms with Crippen LogP contribution in [0.15, 0.2) is 18.2 Å². The highest BCUT2D eigenvalue weighted by molar-refractivity contribution is 5.40. The Morgan fingerprint density at radius 3 is 2.70 bits per heavy atom. The highest BCUT2D eigenvalue weighted by Gasteiger charge is 2.25. The lowest BCUT2D eigenvalue weighted by Gasteiger charge is -2.37. The third kappa shape index (κ3) is 3.44. The molecule has 1 aliphatic heterocycles. The van der Waals surface area contributed by atoms with E-state index in [1.807, 2.05) is 12.1 Å². The smallest absolute Gasteiger partial charge is 0.127 e. The summed E-state index contributed by atoms with van der Waals surface area (Å²) >= 11 is 0. The van der Waals surface area contributed by atoms with Crippen LogP contribution in [0.2, 0.25) is 0 Å². The van der Waals surface area contributed by atoms with Crippen molar-refractivity contribution in [3.05, 3.63) is 23.8 Å². The van der Waals surface area contributed by atoms with Crippen molar-refractivity contribution in [3.8, 4) is 11.5 Å². The van der Waals surface area contributed by atoms with Crippen molar-refractivity contribution in [3.63, 3.8) is 0 Å². The third-order valence-electron chi connectivity index (χ3n) is 4.31. The lowest BCUT2D eigenvalue weighted by molar-refractivity contribution is 0.112. The normalized spacial score (nSPS) is 23.6. The molecule has 1 fully saturated rings. The summed E-state index contributed by atoms with van der Waals surface area (Å²) in [7, 11) is 3.38.